The Labute approximate surface area is 164 Å². The number of likely N-dealkylation sites (N-methyl/N-ethyl adjacent to an activating group) is 1. The van der Waals surface area contributed by atoms with Crippen LogP contribution in [0.2, 0.25) is 5.02 Å². The Kier molecular flexibility index (Phi) is 6.04. The van der Waals surface area contributed by atoms with Crippen LogP contribution in [0.3, 0.4) is 0 Å². The molecule has 1 N–H and O–H groups in total. The van der Waals surface area contributed by atoms with Crippen molar-refractivity contribution in [3.63, 3.8) is 0 Å². The van der Waals surface area contributed by atoms with Gasteiger partial charge < -0.3 is 9.64 Å². The van der Waals surface area contributed by atoms with E-state index in [0.717, 1.165) is 19.4 Å². The molecule has 1 aliphatic rings. The second-order valence-electron chi connectivity index (χ2n) is 6.46. The molecule has 1 aliphatic heterocycles. The van der Waals surface area contributed by atoms with Crippen LogP contribution in [-0.4, -0.2) is 45.5 Å². The van der Waals surface area contributed by atoms with Crippen LogP contribution >= 0.6 is 11.6 Å². The van der Waals surface area contributed by atoms with Gasteiger partial charge in [0, 0.05) is 36.5 Å². The summed E-state index contributed by atoms with van der Waals surface area (Å²) < 4.78 is 33.0. The quantitative estimate of drug-likeness (QED) is 0.794. The fourth-order valence-electron chi connectivity index (χ4n) is 2.91. The summed E-state index contributed by atoms with van der Waals surface area (Å²) in [5, 5.41) is 0.521. The van der Waals surface area contributed by atoms with Crippen LogP contribution in [0, 0.1) is 0 Å². The van der Waals surface area contributed by atoms with Crippen LogP contribution in [-0.2, 0) is 14.8 Å². The number of rotatable bonds is 6. The standard InChI is InChI=1S/C19H21ClN2O4S/c1-22(13-17-3-2-12-26-17)19(23)14-4-10-18(11-5-14)27(24,25)21-16-8-6-15(20)7-9-16/h4-11,17,21H,2-3,12-13H2,1H3. The molecule has 2 aromatic rings. The second kappa shape index (κ2) is 8.29. The van der Waals surface area contributed by atoms with Crippen LogP contribution in [0.25, 0.3) is 0 Å². The van der Waals surface area contributed by atoms with Crippen LogP contribution < -0.4 is 4.72 Å². The fourth-order valence-corrected chi connectivity index (χ4v) is 4.09. The zero-order valence-electron chi connectivity index (χ0n) is 14.9. The van der Waals surface area contributed by atoms with Gasteiger partial charge in [0.25, 0.3) is 15.9 Å². The van der Waals surface area contributed by atoms with E-state index < -0.39 is 10.0 Å². The van der Waals surface area contributed by atoms with Crippen molar-refractivity contribution < 1.29 is 17.9 Å². The van der Waals surface area contributed by atoms with Gasteiger partial charge in [-0.15, -0.1) is 0 Å². The van der Waals surface area contributed by atoms with E-state index in [2.05, 4.69) is 4.72 Å². The Morgan fingerprint density at radius 2 is 1.85 bits per heavy atom. The molecule has 8 heteroatoms. The number of halogens is 1. The second-order valence-corrected chi connectivity index (χ2v) is 8.58. The first-order chi connectivity index (χ1) is 12.8. The van der Waals surface area contributed by atoms with Gasteiger partial charge in [-0.25, -0.2) is 8.42 Å². The summed E-state index contributed by atoms with van der Waals surface area (Å²) >= 11 is 5.80. The third-order valence-corrected chi connectivity index (χ3v) is 6.01. The molecule has 0 radical (unpaired) electrons. The average molecular weight is 409 g/mol. The molecule has 1 heterocycles. The van der Waals surface area contributed by atoms with Gasteiger partial charge in [-0.1, -0.05) is 11.6 Å². The predicted octanol–water partition coefficient (Wildman–Crippen LogP) is 3.39. The molecule has 144 valence electrons. The molecule has 0 bridgehead atoms. The van der Waals surface area contributed by atoms with E-state index in [1.54, 1.807) is 36.2 Å². The van der Waals surface area contributed by atoms with Gasteiger partial charge in [0.05, 0.1) is 11.0 Å². The predicted molar refractivity (Wildman–Crippen MR) is 105 cm³/mol. The zero-order chi connectivity index (χ0) is 19.4. The number of amides is 1. The number of ether oxygens (including phenoxy) is 1. The van der Waals surface area contributed by atoms with Crippen LogP contribution in [0.1, 0.15) is 23.2 Å². The van der Waals surface area contributed by atoms with Gasteiger partial charge in [-0.3, -0.25) is 9.52 Å². The van der Waals surface area contributed by atoms with E-state index >= 15 is 0 Å². The highest BCUT2D eigenvalue weighted by molar-refractivity contribution is 7.92. The summed E-state index contributed by atoms with van der Waals surface area (Å²) in [6.45, 7) is 1.26. The number of carbonyl (C=O) groups excluding carboxylic acids is 1. The smallest absolute Gasteiger partial charge is 0.261 e. The maximum absolute atomic E-state index is 12.5. The number of nitrogens with one attached hydrogen (secondary N) is 1. The van der Waals surface area contributed by atoms with Gasteiger partial charge in [0.15, 0.2) is 0 Å². The molecule has 1 amide bonds. The van der Waals surface area contributed by atoms with Crippen molar-refractivity contribution in [3.05, 3.63) is 59.1 Å². The molecular formula is C19H21ClN2O4S. The lowest BCUT2D eigenvalue weighted by atomic mass is 10.2. The molecule has 1 unspecified atom stereocenters. The number of carbonyl (C=O) groups is 1. The number of benzene rings is 2. The molecule has 1 atom stereocenters. The van der Waals surface area contributed by atoms with Gasteiger partial charge in [0.2, 0.25) is 0 Å². The third kappa shape index (κ3) is 5.00. The molecule has 0 aliphatic carbocycles. The third-order valence-electron chi connectivity index (χ3n) is 4.36. The van der Waals surface area contributed by atoms with Crippen molar-refractivity contribution >= 4 is 33.2 Å². The lowest BCUT2D eigenvalue weighted by Gasteiger charge is -2.21. The van der Waals surface area contributed by atoms with E-state index in [4.69, 9.17) is 16.3 Å². The minimum Gasteiger partial charge on any atom is -0.376 e. The minimum atomic E-state index is -3.75. The monoisotopic (exact) mass is 408 g/mol. The Bertz CT molecular complexity index is 892. The zero-order valence-corrected chi connectivity index (χ0v) is 16.5. The molecule has 0 spiro atoms. The van der Waals surface area contributed by atoms with Crippen molar-refractivity contribution in [2.45, 2.75) is 23.8 Å². The molecule has 2 aromatic carbocycles. The van der Waals surface area contributed by atoms with E-state index in [1.807, 2.05) is 0 Å². The minimum absolute atomic E-state index is 0.0715. The van der Waals surface area contributed by atoms with Crippen LogP contribution in [0.4, 0.5) is 5.69 Å². The van der Waals surface area contributed by atoms with Gasteiger partial charge in [0.1, 0.15) is 0 Å². The van der Waals surface area contributed by atoms with Crippen molar-refractivity contribution in [1.29, 1.82) is 0 Å². The molecule has 0 saturated carbocycles. The van der Waals surface area contributed by atoms with Crippen molar-refractivity contribution in [1.82, 2.24) is 4.90 Å². The van der Waals surface area contributed by atoms with Crippen LogP contribution in [0.5, 0.6) is 0 Å². The Hall–Kier alpha value is -2.09. The Morgan fingerprint density at radius 3 is 2.44 bits per heavy atom. The van der Waals surface area contributed by atoms with Crippen molar-refractivity contribution in [2.24, 2.45) is 0 Å². The molecule has 3 rings (SSSR count). The van der Waals surface area contributed by atoms with E-state index in [1.165, 1.54) is 24.3 Å². The number of hydrogen-bond donors (Lipinski definition) is 1. The molecule has 1 saturated heterocycles. The normalized spacial score (nSPS) is 16.9. The fraction of sp³-hybridized carbons (Fsp3) is 0.316. The average Bonchev–Trinajstić information content (AvgIpc) is 3.16. The first-order valence-corrected chi connectivity index (χ1v) is 10.5. The lowest BCUT2D eigenvalue weighted by molar-refractivity contribution is 0.0587. The first-order valence-electron chi connectivity index (χ1n) is 8.61. The highest BCUT2D eigenvalue weighted by Gasteiger charge is 2.21. The molecular weight excluding hydrogens is 388 g/mol. The van der Waals surface area contributed by atoms with E-state index in [0.29, 0.717) is 22.8 Å². The van der Waals surface area contributed by atoms with Gasteiger partial charge >= 0.3 is 0 Å². The highest BCUT2D eigenvalue weighted by atomic mass is 35.5. The maximum atomic E-state index is 12.5. The summed E-state index contributed by atoms with van der Waals surface area (Å²) in [7, 11) is -2.03. The largest absolute Gasteiger partial charge is 0.376 e. The number of anilines is 1. The highest BCUT2D eigenvalue weighted by Crippen LogP contribution is 2.19. The molecule has 6 nitrogen and oxygen atoms in total. The SMILES string of the molecule is CN(CC1CCCO1)C(=O)c1ccc(S(=O)(=O)Nc2ccc(Cl)cc2)cc1. The summed E-state index contributed by atoms with van der Waals surface area (Å²) in [4.78, 5) is 14.2. The number of nitrogens with zero attached hydrogens (tertiary/aromatic N) is 1. The van der Waals surface area contributed by atoms with Crippen molar-refractivity contribution in [3.8, 4) is 0 Å². The van der Waals surface area contributed by atoms with Crippen LogP contribution in [0.15, 0.2) is 53.4 Å². The molecule has 1 fully saturated rings. The summed E-state index contributed by atoms with van der Waals surface area (Å²) in [6.07, 6.45) is 2.03. The summed E-state index contributed by atoms with van der Waals surface area (Å²) in [5.41, 5.74) is 0.844. The van der Waals surface area contributed by atoms with E-state index in [-0.39, 0.29) is 16.9 Å². The topological polar surface area (TPSA) is 75.7 Å². The summed E-state index contributed by atoms with van der Waals surface area (Å²) in [6, 6.07) is 12.2. The lowest BCUT2D eigenvalue weighted by Crippen LogP contribution is -2.34. The summed E-state index contributed by atoms with van der Waals surface area (Å²) in [5.74, 6) is -0.167. The van der Waals surface area contributed by atoms with Crippen molar-refractivity contribution in [2.75, 3.05) is 24.9 Å². The molecule has 0 aromatic heterocycles. The van der Waals surface area contributed by atoms with Gasteiger partial charge in [-0.2, -0.15) is 0 Å². The molecule has 27 heavy (non-hydrogen) atoms. The Balaban J connectivity index is 1.68. The number of hydrogen-bond acceptors (Lipinski definition) is 4. The first kappa shape index (κ1) is 19.7. The van der Waals surface area contributed by atoms with E-state index in [9.17, 15) is 13.2 Å². The maximum Gasteiger partial charge on any atom is 0.261 e. The van der Waals surface area contributed by atoms with Gasteiger partial charge in [-0.05, 0) is 61.4 Å². The Morgan fingerprint density at radius 1 is 1.19 bits per heavy atom. The number of sulfonamides is 1.